The van der Waals surface area contributed by atoms with Gasteiger partial charge < -0.3 is 15.5 Å². The van der Waals surface area contributed by atoms with Crippen LogP contribution in [-0.4, -0.2) is 42.3 Å². The van der Waals surface area contributed by atoms with Crippen LogP contribution < -0.4 is 10.6 Å². The number of hydrogen-bond acceptors (Lipinski definition) is 3. The van der Waals surface area contributed by atoms with Gasteiger partial charge in [-0.2, -0.15) is 0 Å². The number of benzene rings is 1. The van der Waals surface area contributed by atoms with Gasteiger partial charge >= 0.3 is 0 Å². The van der Waals surface area contributed by atoms with Crippen LogP contribution in [0, 0.1) is 11.8 Å². The minimum absolute atomic E-state index is 0.00708. The number of carbonyl (C=O) groups excluding carboxylic acids is 3. The Kier molecular flexibility index (Phi) is 6.64. The van der Waals surface area contributed by atoms with Gasteiger partial charge in [0, 0.05) is 37.5 Å². The number of hydrogen-bond donors (Lipinski definition) is 2. The van der Waals surface area contributed by atoms with Crippen LogP contribution in [0.2, 0.25) is 5.02 Å². The molecule has 1 aliphatic rings. The summed E-state index contributed by atoms with van der Waals surface area (Å²) >= 11 is 6.13. The molecule has 0 saturated heterocycles. The SMILES string of the molecule is CC1CC1C(=O)NCCC(=O)Nc1cc(C(=O)N(C)C(C)C)ccc1Cl. The summed E-state index contributed by atoms with van der Waals surface area (Å²) < 4.78 is 0. The van der Waals surface area contributed by atoms with Crippen LogP contribution in [0.1, 0.15) is 44.0 Å². The minimum atomic E-state index is -0.266. The third kappa shape index (κ3) is 5.21. The topological polar surface area (TPSA) is 78.5 Å². The molecule has 1 aromatic carbocycles. The number of rotatable bonds is 7. The molecule has 0 aliphatic heterocycles. The van der Waals surface area contributed by atoms with Gasteiger partial charge in [-0.05, 0) is 44.4 Å². The maximum absolute atomic E-state index is 12.4. The van der Waals surface area contributed by atoms with E-state index in [-0.39, 0.29) is 42.6 Å². The first-order valence-corrected chi connectivity index (χ1v) is 9.22. The van der Waals surface area contributed by atoms with Gasteiger partial charge in [0.05, 0.1) is 10.7 Å². The van der Waals surface area contributed by atoms with Crippen molar-refractivity contribution in [1.29, 1.82) is 0 Å². The van der Waals surface area contributed by atoms with E-state index < -0.39 is 0 Å². The number of carbonyl (C=O) groups is 3. The Morgan fingerprint density at radius 1 is 1.31 bits per heavy atom. The summed E-state index contributed by atoms with van der Waals surface area (Å²) in [7, 11) is 1.73. The Bertz CT molecular complexity index is 705. The predicted octanol–water partition coefficient (Wildman–Crippen LogP) is 2.92. The van der Waals surface area contributed by atoms with Gasteiger partial charge in [-0.1, -0.05) is 18.5 Å². The Hall–Kier alpha value is -2.08. The van der Waals surface area contributed by atoms with Gasteiger partial charge in [0.15, 0.2) is 0 Å². The molecule has 3 amide bonds. The zero-order chi connectivity index (χ0) is 19.4. The van der Waals surface area contributed by atoms with E-state index in [1.165, 1.54) is 0 Å². The maximum Gasteiger partial charge on any atom is 0.253 e. The quantitative estimate of drug-likeness (QED) is 0.764. The Morgan fingerprint density at radius 3 is 2.54 bits per heavy atom. The number of halogens is 1. The summed E-state index contributed by atoms with van der Waals surface area (Å²) in [4.78, 5) is 37.9. The van der Waals surface area contributed by atoms with Gasteiger partial charge in [0.1, 0.15) is 0 Å². The number of nitrogens with zero attached hydrogens (tertiary/aromatic N) is 1. The minimum Gasteiger partial charge on any atom is -0.355 e. The molecule has 7 heteroatoms. The van der Waals surface area contributed by atoms with Crippen molar-refractivity contribution in [3.8, 4) is 0 Å². The fraction of sp³-hybridized carbons (Fsp3) is 0.526. The second kappa shape index (κ2) is 8.54. The molecule has 1 aromatic rings. The normalized spacial score (nSPS) is 18.4. The van der Waals surface area contributed by atoms with E-state index in [2.05, 4.69) is 10.6 Å². The molecule has 1 saturated carbocycles. The van der Waals surface area contributed by atoms with Gasteiger partial charge in [0.2, 0.25) is 11.8 Å². The summed E-state index contributed by atoms with van der Waals surface area (Å²) in [6.45, 7) is 6.16. The van der Waals surface area contributed by atoms with Crippen molar-refractivity contribution in [3.63, 3.8) is 0 Å². The zero-order valence-electron chi connectivity index (χ0n) is 15.6. The summed E-state index contributed by atoms with van der Waals surface area (Å²) in [5.41, 5.74) is 0.846. The van der Waals surface area contributed by atoms with Crippen LogP contribution in [0.25, 0.3) is 0 Å². The summed E-state index contributed by atoms with van der Waals surface area (Å²) in [5.74, 6) is 0.128. The molecule has 142 valence electrons. The second-order valence-electron chi connectivity index (χ2n) is 7.11. The highest BCUT2D eigenvalue weighted by Crippen LogP contribution is 2.37. The van der Waals surface area contributed by atoms with Crippen molar-refractivity contribution >= 4 is 35.0 Å². The van der Waals surface area contributed by atoms with Crippen molar-refractivity contribution in [2.45, 2.75) is 39.7 Å². The molecular formula is C19H26ClN3O3. The molecule has 2 unspecified atom stereocenters. The fourth-order valence-electron chi connectivity index (χ4n) is 2.52. The molecule has 6 nitrogen and oxygen atoms in total. The van der Waals surface area contributed by atoms with Crippen LogP contribution in [0.4, 0.5) is 5.69 Å². The molecule has 1 aliphatic carbocycles. The van der Waals surface area contributed by atoms with E-state index in [0.29, 0.717) is 22.2 Å². The van der Waals surface area contributed by atoms with Gasteiger partial charge in [-0.3, -0.25) is 14.4 Å². The van der Waals surface area contributed by atoms with E-state index in [1.807, 2.05) is 20.8 Å². The second-order valence-corrected chi connectivity index (χ2v) is 7.52. The highest BCUT2D eigenvalue weighted by Gasteiger charge is 2.38. The van der Waals surface area contributed by atoms with Crippen LogP contribution in [0.5, 0.6) is 0 Å². The number of nitrogens with one attached hydrogen (secondary N) is 2. The lowest BCUT2D eigenvalue weighted by Gasteiger charge is -2.22. The van der Waals surface area contributed by atoms with Crippen molar-refractivity contribution in [2.24, 2.45) is 11.8 Å². The molecule has 0 heterocycles. The fourth-order valence-corrected chi connectivity index (χ4v) is 2.69. The Labute approximate surface area is 159 Å². The molecule has 2 rings (SSSR count). The van der Waals surface area contributed by atoms with E-state index in [9.17, 15) is 14.4 Å². The molecule has 0 radical (unpaired) electrons. The van der Waals surface area contributed by atoms with Crippen LogP contribution in [0.3, 0.4) is 0 Å². The first-order valence-electron chi connectivity index (χ1n) is 8.85. The number of anilines is 1. The van der Waals surface area contributed by atoms with Gasteiger partial charge in [0.25, 0.3) is 5.91 Å². The van der Waals surface area contributed by atoms with Crippen molar-refractivity contribution < 1.29 is 14.4 Å². The first kappa shape index (κ1) is 20.2. The molecule has 1 fully saturated rings. The molecule has 0 bridgehead atoms. The first-order chi connectivity index (χ1) is 12.2. The predicted molar refractivity (Wildman–Crippen MR) is 102 cm³/mol. The number of amides is 3. The molecular weight excluding hydrogens is 354 g/mol. The largest absolute Gasteiger partial charge is 0.355 e. The smallest absolute Gasteiger partial charge is 0.253 e. The van der Waals surface area contributed by atoms with Crippen molar-refractivity contribution in [3.05, 3.63) is 28.8 Å². The van der Waals surface area contributed by atoms with E-state index in [1.54, 1.807) is 30.1 Å². The van der Waals surface area contributed by atoms with E-state index >= 15 is 0 Å². The average Bonchev–Trinajstić information content (AvgIpc) is 3.32. The van der Waals surface area contributed by atoms with Crippen LogP contribution >= 0.6 is 11.6 Å². The summed E-state index contributed by atoms with van der Waals surface area (Å²) in [5, 5.41) is 5.84. The average molecular weight is 380 g/mol. The Morgan fingerprint density at radius 2 is 1.96 bits per heavy atom. The maximum atomic E-state index is 12.4. The van der Waals surface area contributed by atoms with Gasteiger partial charge in [-0.15, -0.1) is 0 Å². The van der Waals surface area contributed by atoms with Crippen LogP contribution in [0.15, 0.2) is 18.2 Å². The standard InChI is InChI=1S/C19H26ClN3O3/c1-11(2)23(4)19(26)13-5-6-15(20)16(10-13)22-17(24)7-8-21-18(25)14-9-12(14)3/h5-6,10-12,14H,7-9H2,1-4H3,(H,21,25)(H,22,24). The lowest BCUT2D eigenvalue weighted by Crippen LogP contribution is -2.33. The summed E-state index contributed by atoms with van der Waals surface area (Å²) in [6, 6.07) is 4.87. The molecule has 2 N–H and O–H groups in total. The van der Waals surface area contributed by atoms with Crippen molar-refractivity contribution in [2.75, 3.05) is 18.9 Å². The summed E-state index contributed by atoms with van der Waals surface area (Å²) in [6.07, 6.45) is 1.06. The van der Waals surface area contributed by atoms with Gasteiger partial charge in [-0.25, -0.2) is 0 Å². The molecule has 26 heavy (non-hydrogen) atoms. The lowest BCUT2D eigenvalue weighted by molar-refractivity contribution is -0.122. The van der Waals surface area contributed by atoms with E-state index in [0.717, 1.165) is 6.42 Å². The highest BCUT2D eigenvalue weighted by molar-refractivity contribution is 6.33. The Balaban J connectivity index is 1.91. The van der Waals surface area contributed by atoms with Crippen LogP contribution in [-0.2, 0) is 9.59 Å². The molecule has 0 spiro atoms. The van der Waals surface area contributed by atoms with E-state index in [4.69, 9.17) is 11.6 Å². The monoisotopic (exact) mass is 379 g/mol. The molecule has 0 aromatic heterocycles. The van der Waals surface area contributed by atoms with Crippen molar-refractivity contribution in [1.82, 2.24) is 10.2 Å². The zero-order valence-corrected chi connectivity index (χ0v) is 16.4. The third-order valence-corrected chi connectivity index (χ3v) is 5.01. The highest BCUT2D eigenvalue weighted by atomic mass is 35.5. The molecule has 2 atom stereocenters. The lowest BCUT2D eigenvalue weighted by atomic mass is 10.1. The third-order valence-electron chi connectivity index (χ3n) is 4.68.